The molecule has 0 saturated carbocycles. The van der Waals surface area contributed by atoms with E-state index in [9.17, 15) is 4.79 Å². The lowest BCUT2D eigenvalue weighted by molar-refractivity contribution is 0.0275. The summed E-state index contributed by atoms with van der Waals surface area (Å²) in [4.78, 5) is 27.1. The van der Waals surface area contributed by atoms with E-state index in [1.165, 1.54) is 6.33 Å². The molecule has 0 radical (unpaired) electrons. The number of H-pyrrole nitrogens is 1. The molecule has 1 N–H and O–H groups in total. The van der Waals surface area contributed by atoms with Crippen molar-refractivity contribution in [2.24, 2.45) is 7.05 Å². The molecule has 1 atom stereocenters. The zero-order valence-corrected chi connectivity index (χ0v) is 16.3. The first-order chi connectivity index (χ1) is 13.3. The van der Waals surface area contributed by atoms with E-state index >= 15 is 0 Å². The van der Waals surface area contributed by atoms with E-state index in [-0.39, 0.29) is 12.2 Å². The minimum Gasteiger partial charge on any atom is -0.471 e. The number of carbonyl (C=O) groups excluding carboxylic acids is 1. The SMILES string of the molecule is Cn1c(-c2cn[nH]c2)nc2c(OC3CCN(C(=O)OC(C)(C)C)C3)ncnc21. The smallest absolute Gasteiger partial charge is 0.410 e. The molecule has 28 heavy (non-hydrogen) atoms. The predicted octanol–water partition coefficient (Wildman–Crippen LogP) is 2.14. The van der Waals surface area contributed by atoms with Gasteiger partial charge >= 0.3 is 6.09 Å². The number of hydrogen-bond donors (Lipinski definition) is 1. The number of imidazole rings is 1. The van der Waals surface area contributed by atoms with Crippen LogP contribution in [-0.4, -0.2) is 65.5 Å². The van der Waals surface area contributed by atoms with Crippen molar-refractivity contribution >= 4 is 17.3 Å². The normalized spacial score (nSPS) is 17.3. The van der Waals surface area contributed by atoms with Gasteiger partial charge in [-0.2, -0.15) is 10.1 Å². The number of hydrogen-bond acceptors (Lipinski definition) is 7. The second-order valence-corrected chi connectivity index (χ2v) is 7.79. The van der Waals surface area contributed by atoms with E-state index < -0.39 is 5.60 Å². The lowest BCUT2D eigenvalue weighted by Crippen LogP contribution is -2.36. The number of nitrogens with zero attached hydrogens (tertiary/aromatic N) is 6. The molecule has 10 nitrogen and oxygen atoms in total. The number of aryl methyl sites for hydroxylation is 1. The summed E-state index contributed by atoms with van der Waals surface area (Å²) in [5.74, 6) is 1.13. The molecule has 1 fully saturated rings. The number of amides is 1. The minimum absolute atomic E-state index is 0.176. The number of rotatable bonds is 3. The van der Waals surface area contributed by atoms with Gasteiger partial charge in [-0.15, -0.1) is 0 Å². The van der Waals surface area contributed by atoms with Crippen molar-refractivity contribution in [3.8, 4) is 17.3 Å². The third-order valence-electron chi connectivity index (χ3n) is 4.45. The van der Waals surface area contributed by atoms with Crippen LogP contribution in [0.5, 0.6) is 5.88 Å². The molecule has 0 spiro atoms. The first kappa shape index (κ1) is 18.2. The number of aromatic nitrogens is 6. The lowest BCUT2D eigenvalue weighted by atomic mass is 10.2. The van der Waals surface area contributed by atoms with Crippen molar-refractivity contribution in [1.29, 1.82) is 0 Å². The van der Waals surface area contributed by atoms with E-state index in [1.807, 2.05) is 32.4 Å². The number of fused-ring (bicyclic) bond motifs is 1. The van der Waals surface area contributed by atoms with Gasteiger partial charge in [0.1, 0.15) is 23.9 Å². The average molecular weight is 385 g/mol. The van der Waals surface area contributed by atoms with Crippen LogP contribution in [0.15, 0.2) is 18.7 Å². The van der Waals surface area contributed by atoms with Gasteiger partial charge in [0, 0.05) is 26.2 Å². The summed E-state index contributed by atoms with van der Waals surface area (Å²) < 4.78 is 13.4. The molecule has 1 amide bonds. The molecular weight excluding hydrogens is 362 g/mol. The maximum Gasteiger partial charge on any atom is 0.410 e. The highest BCUT2D eigenvalue weighted by atomic mass is 16.6. The predicted molar refractivity (Wildman–Crippen MR) is 101 cm³/mol. The Labute approximate surface area is 161 Å². The van der Waals surface area contributed by atoms with Gasteiger partial charge in [-0.3, -0.25) is 5.10 Å². The summed E-state index contributed by atoms with van der Waals surface area (Å²) in [6, 6.07) is 0. The number of ether oxygens (including phenoxy) is 2. The van der Waals surface area contributed by atoms with E-state index in [2.05, 4.69) is 25.1 Å². The van der Waals surface area contributed by atoms with Crippen molar-refractivity contribution in [3.63, 3.8) is 0 Å². The molecule has 1 aliphatic heterocycles. The number of aromatic amines is 1. The third kappa shape index (κ3) is 3.49. The Morgan fingerprint density at radius 2 is 2.14 bits per heavy atom. The second-order valence-electron chi connectivity index (χ2n) is 7.79. The highest BCUT2D eigenvalue weighted by molar-refractivity contribution is 5.80. The van der Waals surface area contributed by atoms with Gasteiger partial charge in [0.15, 0.2) is 11.2 Å². The summed E-state index contributed by atoms with van der Waals surface area (Å²) in [5, 5.41) is 6.76. The fraction of sp³-hybridized carbons (Fsp3) is 0.500. The van der Waals surface area contributed by atoms with Crippen molar-refractivity contribution in [3.05, 3.63) is 18.7 Å². The van der Waals surface area contributed by atoms with E-state index in [1.54, 1.807) is 17.3 Å². The Bertz CT molecular complexity index is 991. The Kier molecular flexibility index (Phi) is 4.40. The fourth-order valence-electron chi connectivity index (χ4n) is 3.17. The van der Waals surface area contributed by atoms with Crippen LogP contribution in [0, 0.1) is 0 Å². The van der Waals surface area contributed by atoms with E-state index in [4.69, 9.17) is 9.47 Å². The van der Waals surface area contributed by atoms with Crippen molar-refractivity contribution < 1.29 is 14.3 Å². The fourth-order valence-corrected chi connectivity index (χ4v) is 3.17. The molecule has 1 saturated heterocycles. The Morgan fingerprint density at radius 3 is 2.86 bits per heavy atom. The minimum atomic E-state index is -0.522. The molecule has 0 aliphatic carbocycles. The van der Waals surface area contributed by atoms with Crippen molar-refractivity contribution in [2.45, 2.75) is 38.9 Å². The third-order valence-corrected chi connectivity index (χ3v) is 4.45. The van der Waals surface area contributed by atoms with Gasteiger partial charge < -0.3 is 18.9 Å². The summed E-state index contributed by atoms with van der Waals surface area (Å²) >= 11 is 0. The molecule has 3 aromatic heterocycles. The summed E-state index contributed by atoms with van der Waals surface area (Å²) in [6.07, 6.45) is 5.12. The molecule has 0 aromatic carbocycles. The summed E-state index contributed by atoms with van der Waals surface area (Å²) in [7, 11) is 1.88. The average Bonchev–Trinajstić information content (AvgIpc) is 3.34. The standard InChI is InChI=1S/C18H23N7O3/c1-18(2,3)28-17(26)25-6-5-12(9-25)27-16-13-15(19-10-20-16)24(4)14(23-13)11-7-21-22-8-11/h7-8,10,12H,5-6,9H2,1-4H3,(H,21,22). The van der Waals surface area contributed by atoms with Crippen molar-refractivity contribution in [1.82, 2.24) is 34.6 Å². The Morgan fingerprint density at radius 1 is 1.32 bits per heavy atom. The van der Waals surface area contributed by atoms with Gasteiger partial charge in [-0.25, -0.2) is 14.8 Å². The quantitative estimate of drug-likeness (QED) is 0.735. The van der Waals surface area contributed by atoms with E-state index in [0.717, 1.165) is 11.4 Å². The van der Waals surface area contributed by atoms with Crippen LogP contribution in [0.3, 0.4) is 0 Å². The molecule has 1 unspecified atom stereocenters. The zero-order chi connectivity index (χ0) is 19.9. The zero-order valence-electron chi connectivity index (χ0n) is 16.3. The van der Waals surface area contributed by atoms with Gasteiger partial charge in [0.25, 0.3) is 0 Å². The maximum atomic E-state index is 12.2. The molecule has 4 rings (SSSR count). The van der Waals surface area contributed by atoms with Crippen LogP contribution in [0.1, 0.15) is 27.2 Å². The number of nitrogens with one attached hydrogen (secondary N) is 1. The molecule has 10 heteroatoms. The largest absolute Gasteiger partial charge is 0.471 e. The van der Waals surface area contributed by atoms with Crippen LogP contribution < -0.4 is 4.74 Å². The van der Waals surface area contributed by atoms with E-state index in [0.29, 0.717) is 36.6 Å². The van der Waals surface area contributed by atoms with Crippen molar-refractivity contribution in [2.75, 3.05) is 13.1 Å². The second kappa shape index (κ2) is 6.77. The lowest BCUT2D eigenvalue weighted by Gasteiger charge is -2.24. The van der Waals surface area contributed by atoms with Gasteiger partial charge in [0.05, 0.1) is 18.3 Å². The molecule has 1 aliphatic rings. The Balaban J connectivity index is 1.53. The topological polar surface area (TPSA) is 111 Å². The van der Waals surface area contributed by atoms with Crippen LogP contribution in [-0.2, 0) is 11.8 Å². The van der Waals surface area contributed by atoms with Crippen LogP contribution >= 0.6 is 0 Å². The Hall–Kier alpha value is -3.17. The van der Waals surface area contributed by atoms with Crippen LogP contribution in [0.4, 0.5) is 4.79 Å². The highest BCUT2D eigenvalue weighted by Crippen LogP contribution is 2.28. The molecule has 0 bridgehead atoms. The highest BCUT2D eigenvalue weighted by Gasteiger charge is 2.31. The molecule has 148 valence electrons. The maximum absolute atomic E-state index is 12.2. The van der Waals surface area contributed by atoms with Crippen LogP contribution in [0.2, 0.25) is 0 Å². The van der Waals surface area contributed by atoms with Gasteiger partial charge in [-0.05, 0) is 20.8 Å². The number of carbonyl (C=O) groups is 1. The van der Waals surface area contributed by atoms with Gasteiger partial charge in [-0.1, -0.05) is 0 Å². The van der Waals surface area contributed by atoms with Gasteiger partial charge in [0.2, 0.25) is 5.88 Å². The first-order valence-corrected chi connectivity index (χ1v) is 9.13. The summed E-state index contributed by atoms with van der Waals surface area (Å²) in [5.41, 5.74) is 1.58. The molecule has 3 aromatic rings. The first-order valence-electron chi connectivity index (χ1n) is 9.13. The monoisotopic (exact) mass is 385 g/mol. The molecule has 4 heterocycles. The summed E-state index contributed by atoms with van der Waals surface area (Å²) in [6.45, 7) is 6.58. The molecular formula is C18H23N7O3. The van der Waals surface area contributed by atoms with Crippen LogP contribution in [0.25, 0.3) is 22.6 Å². The number of likely N-dealkylation sites (tertiary alicyclic amines) is 1.